The van der Waals surface area contributed by atoms with E-state index in [0.29, 0.717) is 12.6 Å². The van der Waals surface area contributed by atoms with Crippen molar-refractivity contribution in [2.24, 2.45) is 5.92 Å². The number of hydrogen-bond acceptors (Lipinski definition) is 3. The molecule has 1 aliphatic rings. The standard InChI is InChI=1S/C13H24N2O/c1-4-7-14-10-12(2)15(3)8-9-16-11-13-5-6-13/h1,12-14H,5-11H2,2-3H3. The zero-order chi connectivity index (χ0) is 11.8. The van der Waals surface area contributed by atoms with Gasteiger partial charge in [0.2, 0.25) is 0 Å². The molecule has 1 N–H and O–H groups in total. The quantitative estimate of drug-likeness (QED) is 0.466. The first-order chi connectivity index (χ1) is 7.74. The first-order valence-corrected chi connectivity index (χ1v) is 6.16. The Balaban J connectivity index is 1.94. The molecule has 0 aromatic heterocycles. The van der Waals surface area contributed by atoms with Gasteiger partial charge in [-0.25, -0.2) is 0 Å². The van der Waals surface area contributed by atoms with Gasteiger partial charge in [-0.1, -0.05) is 5.92 Å². The third kappa shape index (κ3) is 6.12. The van der Waals surface area contributed by atoms with Crippen LogP contribution in [0.3, 0.4) is 0 Å². The lowest BCUT2D eigenvalue weighted by molar-refractivity contribution is 0.0936. The van der Waals surface area contributed by atoms with Crippen LogP contribution in [0.1, 0.15) is 19.8 Å². The minimum absolute atomic E-state index is 0.498. The van der Waals surface area contributed by atoms with Gasteiger partial charge in [0.1, 0.15) is 0 Å². The summed E-state index contributed by atoms with van der Waals surface area (Å²) in [5.41, 5.74) is 0. The second-order valence-corrected chi connectivity index (χ2v) is 4.68. The Labute approximate surface area is 99.5 Å². The summed E-state index contributed by atoms with van der Waals surface area (Å²) in [6, 6.07) is 0.498. The Kier molecular flexibility index (Phi) is 6.47. The van der Waals surface area contributed by atoms with Crippen molar-refractivity contribution in [2.45, 2.75) is 25.8 Å². The highest BCUT2D eigenvalue weighted by Gasteiger charge is 2.21. The Morgan fingerprint density at radius 3 is 2.94 bits per heavy atom. The van der Waals surface area contributed by atoms with Gasteiger partial charge < -0.3 is 15.0 Å². The summed E-state index contributed by atoms with van der Waals surface area (Å²) >= 11 is 0. The average Bonchev–Trinajstić information content (AvgIpc) is 3.08. The van der Waals surface area contributed by atoms with Gasteiger partial charge in [-0.15, -0.1) is 6.42 Å². The predicted octanol–water partition coefficient (Wildman–Crippen LogP) is 0.956. The molecule has 0 heterocycles. The minimum Gasteiger partial charge on any atom is -0.380 e. The van der Waals surface area contributed by atoms with Crippen LogP contribution in [-0.4, -0.2) is 50.8 Å². The summed E-state index contributed by atoms with van der Waals surface area (Å²) in [4.78, 5) is 2.30. The van der Waals surface area contributed by atoms with Crippen LogP contribution in [0.4, 0.5) is 0 Å². The van der Waals surface area contributed by atoms with Crippen LogP contribution in [-0.2, 0) is 4.74 Å². The molecule has 3 nitrogen and oxygen atoms in total. The normalized spacial score (nSPS) is 17.4. The van der Waals surface area contributed by atoms with Gasteiger partial charge in [-0.3, -0.25) is 0 Å². The number of hydrogen-bond donors (Lipinski definition) is 1. The van der Waals surface area contributed by atoms with Gasteiger partial charge in [-0.05, 0) is 32.7 Å². The predicted molar refractivity (Wildman–Crippen MR) is 67.3 cm³/mol. The first kappa shape index (κ1) is 13.5. The van der Waals surface area contributed by atoms with Gasteiger partial charge in [0.15, 0.2) is 0 Å². The zero-order valence-electron chi connectivity index (χ0n) is 10.5. The highest BCUT2D eigenvalue weighted by Crippen LogP contribution is 2.28. The number of likely N-dealkylation sites (N-methyl/N-ethyl adjacent to an activating group) is 1. The van der Waals surface area contributed by atoms with Crippen LogP contribution in [0.15, 0.2) is 0 Å². The minimum atomic E-state index is 0.498. The molecule has 1 fully saturated rings. The van der Waals surface area contributed by atoms with E-state index in [0.717, 1.165) is 32.2 Å². The van der Waals surface area contributed by atoms with Crippen LogP contribution >= 0.6 is 0 Å². The fourth-order valence-corrected chi connectivity index (χ4v) is 1.47. The van der Waals surface area contributed by atoms with Crippen molar-refractivity contribution in [3.63, 3.8) is 0 Å². The largest absolute Gasteiger partial charge is 0.380 e. The van der Waals surface area contributed by atoms with Crippen molar-refractivity contribution < 1.29 is 4.74 Å². The van der Waals surface area contributed by atoms with Crippen molar-refractivity contribution in [3.05, 3.63) is 0 Å². The van der Waals surface area contributed by atoms with Crippen LogP contribution < -0.4 is 5.32 Å². The molecule has 0 aromatic carbocycles. The maximum absolute atomic E-state index is 5.61. The van der Waals surface area contributed by atoms with Crippen LogP contribution in [0.5, 0.6) is 0 Å². The smallest absolute Gasteiger partial charge is 0.0593 e. The lowest BCUT2D eigenvalue weighted by Gasteiger charge is -2.24. The van der Waals surface area contributed by atoms with Crippen LogP contribution in [0.2, 0.25) is 0 Å². The Morgan fingerprint density at radius 1 is 1.56 bits per heavy atom. The lowest BCUT2D eigenvalue weighted by Crippen LogP contribution is -2.39. The van der Waals surface area contributed by atoms with Crippen molar-refractivity contribution in [1.82, 2.24) is 10.2 Å². The van der Waals surface area contributed by atoms with Gasteiger partial charge in [0, 0.05) is 25.7 Å². The molecule has 0 amide bonds. The molecule has 16 heavy (non-hydrogen) atoms. The van der Waals surface area contributed by atoms with Gasteiger partial charge in [-0.2, -0.15) is 0 Å². The summed E-state index contributed by atoms with van der Waals surface area (Å²) in [6.45, 7) is 6.57. The van der Waals surface area contributed by atoms with E-state index < -0.39 is 0 Å². The fourth-order valence-electron chi connectivity index (χ4n) is 1.47. The number of nitrogens with zero attached hydrogens (tertiary/aromatic N) is 1. The molecule has 0 radical (unpaired) electrons. The van der Waals surface area contributed by atoms with Gasteiger partial charge >= 0.3 is 0 Å². The van der Waals surface area contributed by atoms with Crippen molar-refractivity contribution in [2.75, 3.05) is 39.9 Å². The van der Waals surface area contributed by atoms with Crippen LogP contribution in [0, 0.1) is 18.3 Å². The lowest BCUT2D eigenvalue weighted by atomic mass is 10.3. The second kappa shape index (κ2) is 7.67. The molecule has 1 aliphatic carbocycles. The van der Waals surface area contributed by atoms with E-state index in [1.165, 1.54) is 12.8 Å². The zero-order valence-corrected chi connectivity index (χ0v) is 10.5. The van der Waals surface area contributed by atoms with E-state index in [-0.39, 0.29) is 0 Å². The number of ether oxygens (including phenoxy) is 1. The van der Waals surface area contributed by atoms with E-state index in [4.69, 9.17) is 11.2 Å². The molecule has 0 aliphatic heterocycles. The van der Waals surface area contributed by atoms with Crippen molar-refractivity contribution >= 4 is 0 Å². The summed E-state index contributed by atoms with van der Waals surface area (Å²) in [5, 5.41) is 3.22. The molecule has 1 saturated carbocycles. The van der Waals surface area contributed by atoms with Crippen molar-refractivity contribution in [3.8, 4) is 12.3 Å². The molecule has 0 spiro atoms. The number of terminal acetylenes is 1. The van der Waals surface area contributed by atoms with E-state index in [1.807, 2.05) is 0 Å². The van der Waals surface area contributed by atoms with E-state index >= 15 is 0 Å². The highest BCUT2D eigenvalue weighted by atomic mass is 16.5. The molecular weight excluding hydrogens is 200 g/mol. The number of nitrogens with one attached hydrogen (secondary N) is 1. The molecule has 3 heteroatoms. The maximum Gasteiger partial charge on any atom is 0.0593 e. The SMILES string of the molecule is C#CCNCC(C)N(C)CCOCC1CC1. The molecule has 1 rings (SSSR count). The van der Waals surface area contributed by atoms with Gasteiger partial charge in [0.25, 0.3) is 0 Å². The van der Waals surface area contributed by atoms with E-state index in [1.54, 1.807) is 0 Å². The molecule has 1 atom stereocenters. The topological polar surface area (TPSA) is 24.5 Å². The average molecular weight is 224 g/mol. The van der Waals surface area contributed by atoms with Crippen LogP contribution in [0.25, 0.3) is 0 Å². The monoisotopic (exact) mass is 224 g/mol. The first-order valence-electron chi connectivity index (χ1n) is 6.16. The highest BCUT2D eigenvalue weighted by molar-refractivity contribution is 4.87. The third-order valence-corrected chi connectivity index (χ3v) is 3.06. The molecule has 0 saturated heterocycles. The maximum atomic E-state index is 5.61. The molecule has 92 valence electrons. The summed E-state index contributed by atoms with van der Waals surface area (Å²) in [5.74, 6) is 3.44. The number of rotatable bonds is 9. The molecular formula is C13H24N2O. The molecule has 0 aromatic rings. The second-order valence-electron chi connectivity index (χ2n) is 4.68. The molecule has 0 bridgehead atoms. The fraction of sp³-hybridized carbons (Fsp3) is 0.846. The summed E-state index contributed by atoms with van der Waals surface area (Å²) < 4.78 is 5.61. The Morgan fingerprint density at radius 2 is 2.31 bits per heavy atom. The van der Waals surface area contributed by atoms with Crippen molar-refractivity contribution in [1.29, 1.82) is 0 Å². The third-order valence-electron chi connectivity index (χ3n) is 3.06. The Bertz CT molecular complexity index is 220. The Hall–Kier alpha value is -0.560. The van der Waals surface area contributed by atoms with Gasteiger partial charge in [0.05, 0.1) is 13.2 Å². The summed E-state index contributed by atoms with van der Waals surface area (Å²) in [6.07, 6.45) is 7.90. The van der Waals surface area contributed by atoms with E-state index in [9.17, 15) is 0 Å². The molecule has 1 unspecified atom stereocenters. The summed E-state index contributed by atoms with van der Waals surface area (Å²) in [7, 11) is 2.13. The van der Waals surface area contributed by atoms with E-state index in [2.05, 4.69) is 30.1 Å².